The van der Waals surface area contributed by atoms with Gasteiger partial charge in [0.25, 0.3) is 0 Å². The molecule has 1 atom stereocenters. The first-order valence-electron chi connectivity index (χ1n) is 9.17. The van der Waals surface area contributed by atoms with Crippen molar-refractivity contribution in [3.8, 4) is 23.0 Å². The maximum Gasteiger partial charge on any atom is 0.422 e. The lowest BCUT2D eigenvalue weighted by Crippen LogP contribution is -2.20. The Bertz CT molecular complexity index is 987. The van der Waals surface area contributed by atoms with Gasteiger partial charge in [-0.1, -0.05) is 0 Å². The summed E-state index contributed by atoms with van der Waals surface area (Å²) < 4.78 is 100.0. The summed E-state index contributed by atoms with van der Waals surface area (Å²) in [5, 5.41) is 2.73. The van der Waals surface area contributed by atoms with Crippen molar-refractivity contribution in [3.05, 3.63) is 41.5 Å². The number of hydrogen-bond acceptors (Lipinski definition) is 7. The molecule has 1 N–H and O–H groups in total. The zero-order chi connectivity index (χ0) is 24.4. The average Bonchev–Trinajstić information content (AvgIpc) is 3.04. The largest absolute Gasteiger partial charge is 0.493 e. The number of nitrogens with one attached hydrogen (secondary N) is 1. The van der Waals surface area contributed by atoms with Gasteiger partial charge in [-0.2, -0.15) is 26.3 Å². The van der Waals surface area contributed by atoms with Gasteiger partial charge in [0.2, 0.25) is 6.23 Å². The number of carbonyl (C=O) groups is 1. The number of carbonyl (C=O) groups excluding carboxylic acids is 1. The van der Waals surface area contributed by atoms with E-state index in [2.05, 4.69) is 14.8 Å². The molecule has 180 valence electrons. The molecule has 0 saturated heterocycles. The summed E-state index contributed by atoms with van der Waals surface area (Å²) in [6.45, 7) is -3.35. The summed E-state index contributed by atoms with van der Waals surface area (Å²) in [6.07, 6.45) is -10.5. The normalized spacial score (nSPS) is 15.5. The minimum absolute atomic E-state index is 0.0210. The van der Waals surface area contributed by atoms with Crippen molar-refractivity contribution in [2.45, 2.75) is 18.6 Å². The van der Waals surface area contributed by atoms with Crippen LogP contribution in [0.15, 0.2) is 30.3 Å². The van der Waals surface area contributed by atoms with Crippen molar-refractivity contribution in [1.29, 1.82) is 0 Å². The van der Waals surface area contributed by atoms with Crippen LogP contribution in [-0.4, -0.2) is 45.8 Å². The predicted molar refractivity (Wildman–Crippen MR) is 101 cm³/mol. The average molecular weight is 481 g/mol. The molecule has 0 spiro atoms. The molecule has 1 aliphatic heterocycles. The summed E-state index contributed by atoms with van der Waals surface area (Å²) in [5.74, 6) is -1.21. The SMILES string of the molecule is COc1ccc2c(c1OC)C(=O)O[C@H]2Nc1cc(OCC(F)(F)F)cc(OCC(F)(F)F)c1. The van der Waals surface area contributed by atoms with E-state index in [1.54, 1.807) is 0 Å². The Morgan fingerprint density at radius 3 is 1.97 bits per heavy atom. The number of alkyl halides is 6. The van der Waals surface area contributed by atoms with Gasteiger partial charge in [0.15, 0.2) is 24.7 Å². The van der Waals surface area contributed by atoms with Crippen LogP contribution in [-0.2, 0) is 4.74 Å². The van der Waals surface area contributed by atoms with Crippen molar-refractivity contribution in [2.75, 3.05) is 32.8 Å². The van der Waals surface area contributed by atoms with Crippen LogP contribution in [0.5, 0.6) is 23.0 Å². The van der Waals surface area contributed by atoms with Gasteiger partial charge in [-0.25, -0.2) is 4.79 Å². The van der Waals surface area contributed by atoms with Crippen LogP contribution in [0.3, 0.4) is 0 Å². The quantitative estimate of drug-likeness (QED) is 0.426. The third-order valence-electron chi connectivity index (χ3n) is 4.27. The summed E-state index contributed by atoms with van der Waals surface area (Å²) in [6, 6.07) is 6.09. The number of halogens is 6. The molecule has 0 radical (unpaired) electrons. The fraction of sp³-hybridized carbons (Fsp3) is 0.350. The molecule has 33 heavy (non-hydrogen) atoms. The van der Waals surface area contributed by atoms with Crippen molar-refractivity contribution < 1.29 is 54.8 Å². The van der Waals surface area contributed by atoms with Crippen molar-refractivity contribution in [3.63, 3.8) is 0 Å². The number of anilines is 1. The number of ether oxygens (including phenoxy) is 5. The maximum atomic E-state index is 12.5. The van der Waals surface area contributed by atoms with E-state index in [-0.39, 0.29) is 22.7 Å². The molecule has 0 bridgehead atoms. The molecule has 0 unspecified atom stereocenters. The number of rotatable bonds is 8. The molecule has 0 fully saturated rings. The third-order valence-corrected chi connectivity index (χ3v) is 4.27. The highest BCUT2D eigenvalue weighted by Crippen LogP contribution is 2.42. The van der Waals surface area contributed by atoms with E-state index in [1.807, 2.05) is 0 Å². The monoisotopic (exact) mass is 481 g/mol. The molecular weight excluding hydrogens is 464 g/mol. The van der Waals surface area contributed by atoms with E-state index in [1.165, 1.54) is 26.4 Å². The highest BCUT2D eigenvalue weighted by molar-refractivity contribution is 5.98. The van der Waals surface area contributed by atoms with Gasteiger partial charge in [-0.3, -0.25) is 0 Å². The van der Waals surface area contributed by atoms with E-state index < -0.39 is 49.3 Å². The van der Waals surface area contributed by atoms with Crippen LogP contribution < -0.4 is 24.3 Å². The van der Waals surface area contributed by atoms with Crippen LogP contribution in [0.1, 0.15) is 22.1 Å². The van der Waals surface area contributed by atoms with Gasteiger partial charge in [0.1, 0.15) is 17.1 Å². The number of fused-ring (bicyclic) bond motifs is 1. The Morgan fingerprint density at radius 2 is 1.48 bits per heavy atom. The number of esters is 1. The summed E-state index contributed by atoms with van der Waals surface area (Å²) in [5.41, 5.74) is 0.358. The molecule has 1 heterocycles. The van der Waals surface area contributed by atoms with E-state index in [9.17, 15) is 31.1 Å². The summed E-state index contributed by atoms with van der Waals surface area (Å²) >= 11 is 0. The first-order chi connectivity index (χ1) is 15.4. The van der Waals surface area contributed by atoms with Crippen molar-refractivity contribution in [1.82, 2.24) is 0 Å². The lowest BCUT2D eigenvalue weighted by atomic mass is 10.1. The Kier molecular flexibility index (Phi) is 6.70. The zero-order valence-corrected chi connectivity index (χ0v) is 17.1. The van der Waals surface area contributed by atoms with Crippen LogP contribution >= 0.6 is 0 Å². The number of methoxy groups -OCH3 is 2. The first-order valence-corrected chi connectivity index (χ1v) is 9.17. The number of cyclic esters (lactones) is 1. The van der Waals surface area contributed by atoms with E-state index in [0.29, 0.717) is 5.56 Å². The van der Waals surface area contributed by atoms with E-state index in [0.717, 1.165) is 18.2 Å². The van der Waals surface area contributed by atoms with Gasteiger partial charge in [-0.15, -0.1) is 0 Å². The second-order valence-corrected chi connectivity index (χ2v) is 6.70. The predicted octanol–water partition coefficient (Wildman–Crippen LogP) is 4.87. The molecule has 7 nitrogen and oxygen atoms in total. The van der Waals surface area contributed by atoms with Crippen molar-refractivity contribution in [2.24, 2.45) is 0 Å². The minimum Gasteiger partial charge on any atom is -0.493 e. The molecule has 0 amide bonds. The molecule has 0 aliphatic carbocycles. The molecule has 2 aromatic rings. The van der Waals surface area contributed by atoms with Gasteiger partial charge in [0.05, 0.1) is 14.2 Å². The lowest BCUT2D eigenvalue weighted by Gasteiger charge is -2.18. The number of hydrogen-bond donors (Lipinski definition) is 1. The zero-order valence-electron chi connectivity index (χ0n) is 17.1. The minimum atomic E-state index is -4.67. The highest BCUT2D eigenvalue weighted by Gasteiger charge is 2.36. The fourth-order valence-corrected chi connectivity index (χ4v) is 3.01. The lowest BCUT2D eigenvalue weighted by molar-refractivity contribution is -0.153. The van der Waals surface area contributed by atoms with Crippen LogP contribution in [0.25, 0.3) is 0 Å². The van der Waals surface area contributed by atoms with Crippen molar-refractivity contribution >= 4 is 11.7 Å². The molecule has 13 heteroatoms. The number of benzene rings is 2. The summed E-state index contributed by atoms with van der Waals surface area (Å²) in [4.78, 5) is 12.4. The van der Waals surface area contributed by atoms with Crippen LogP contribution in [0.2, 0.25) is 0 Å². The Morgan fingerprint density at radius 1 is 0.909 bits per heavy atom. The smallest absolute Gasteiger partial charge is 0.422 e. The second-order valence-electron chi connectivity index (χ2n) is 6.70. The Labute approximate surface area is 183 Å². The molecule has 2 aromatic carbocycles. The standard InChI is InChI=1S/C20H17F6NO6/c1-29-14-4-3-13-15(16(14)30-2)18(28)33-17(13)27-10-5-11(31-8-19(21,22)23)7-12(6-10)32-9-20(24,25)26/h3-7,17,27H,8-9H2,1-2H3/t17-/m1/s1. The molecular formula is C20H17F6NO6. The van der Waals surface area contributed by atoms with Gasteiger partial charge >= 0.3 is 18.3 Å². The van der Waals surface area contributed by atoms with E-state index in [4.69, 9.17) is 14.2 Å². The first kappa shape index (κ1) is 24.1. The van der Waals surface area contributed by atoms with E-state index >= 15 is 0 Å². The van der Waals surface area contributed by atoms with Gasteiger partial charge in [-0.05, 0) is 12.1 Å². The fourth-order valence-electron chi connectivity index (χ4n) is 3.01. The molecule has 0 saturated carbocycles. The van der Waals surface area contributed by atoms with Gasteiger partial charge < -0.3 is 29.0 Å². The van der Waals surface area contributed by atoms with Gasteiger partial charge in [0, 0.05) is 29.4 Å². The molecule has 0 aromatic heterocycles. The summed E-state index contributed by atoms with van der Waals surface area (Å²) in [7, 11) is 2.69. The van der Waals surface area contributed by atoms with Crippen LogP contribution in [0.4, 0.5) is 32.0 Å². The topological polar surface area (TPSA) is 75.3 Å². The Hall–Kier alpha value is -3.51. The second kappa shape index (κ2) is 9.16. The highest BCUT2D eigenvalue weighted by atomic mass is 19.4. The molecule has 1 aliphatic rings. The molecule has 3 rings (SSSR count). The third kappa shape index (κ3) is 6.05. The van der Waals surface area contributed by atoms with Crippen LogP contribution in [0, 0.1) is 0 Å². The maximum absolute atomic E-state index is 12.5. The Balaban J connectivity index is 1.90.